The minimum absolute atomic E-state index is 0.0213. The first kappa shape index (κ1) is 12.4. The number of carboxylic acids is 1. The van der Waals surface area contributed by atoms with Crippen LogP contribution < -0.4 is 5.32 Å². The number of rotatable bonds is 4. The summed E-state index contributed by atoms with van der Waals surface area (Å²) >= 11 is 0. The lowest BCUT2D eigenvalue weighted by atomic mass is 10.2. The van der Waals surface area contributed by atoms with Gasteiger partial charge >= 0.3 is 12.0 Å². The first-order valence-corrected chi connectivity index (χ1v) is 5.95. The lowest BCUT2D eigenvalue weighted by Crippen LogP contribution is -2.44. The number of nitrogens with zero attached hydrogens (tertiary/aromatic N) is 2. The topological polar surface area (TPSA) is 98.3 Å². The number of carbonyl (C=O) groups excluding carboxylic acids is 1. The predicted octanol–water partition coefficient (Wildman–Crippen LogP) is 1.27. The highest BCUT2D eigenvalue weighted by molar-refractivity contribution is 5.91. The quantitative estimate of drug-likeness (QED) is 0.751. The number of aliphatic carboxylic acids is 1. The molecule has 7 nitrogen and oxygen atoms in total. The summed E-state index contributed by atoms with van der Waals surface area (Å²) in [6.07, 6.45) is 6.84. The summed E-state index contributed by atoms with van der Waals surface area (Å²) < 4.78 is 0. The second-order valence-corrected chi connectivity index (χ2v) is 4.38. The van der Waals surface area contributed by atoms with E-state index in [0.717, 1.165) is 25.7 Å². The summed E-state index contributed by atoms with van der Waals surface area (Å²) in [5.41, 5.74) is 0.536. The van der Waals surface area contributed by atoms with Gasteiger partial charge in [0, 0.05) is 12.2 Å². The maximum absolute atomic E-state index is 12.0. The molecule has 0 spiro atoms. The molecule has 0 atom stereocenters. The molecule has 1 saturated carbocycles. The van der Waals surface area contributed by atoms with Crippen molar-refractivity contribution in [3.05, 3.63) is 12.4 Å². The van der Waals surface area contributed by atoms with Gasteiger partial charge in [-0.2, -0.15) is 5.10 Å². The van der Waals surface area contributed by atoms with Gasteiger partial charge in [0.1, 0.15) is 6.54 Å². The zero-order chi connectivity index (χ0) is 13.0. The Labute approximate surface area is 104 Å². The van der Waals surface area contributed by atoms with Gasteiger partial charge in [-0.15, -0.1) is 0 Å². The third-order valence-electron chi connectivity index (χ3n) is 3.08. The van der Waals surface area contributed by atoms with Gasteiger partial charge in [-0.25, -0.2) is 4.79 Å². The summed E-state index contributed by atoms with van der Waals surface area (Å²) in [7, 11) is 0. The lowest BCUT2D eigenvalue weighted by Gasteiger charge is -2.27. The molecule has 1 aliphatic rings. The van der Waals surface area contributed by atoms with Crippen molar-refractivity contribution in [2.75, 3.05) is 11.9 Å². The Bertz CT molecular complexity index is 412. The second kappa shape index (κ2) is 5.52. The molecule has 1 aromatic rings. The van der Waals surface area contributed by atoms with Gasteiger partial charge in [-0.3, -0.25) is 9.89 Å². The predicted molar refractivity (Wildman–Crippen MR) is 64.2 cm³/mol. The highest BCUT2D eigenvalue weighted by atomic mass is 16.4. The Balaban J connectivity index is 2.02. The zero-order valence-corrected chi connectivity index (χ0v) is 9.93. The fourth-order valence-corrected chi connectivity index (χ4v) is 2.24. The van der Waals surface area contributed by atoms with E-state index in [9.17, 15) is 9.59 Å². The lowest BCUT2D eigenvalue weighted by molar-refractivity contribution is -0.138. The average molecular weight is 252 g/mol. The van der Waals surface area contributed by atoms with E-state index in [1.807, 2.05) is 0 Å². The summed E-state index contributed by atoms with van der Waals surface area (Å²) in [6.45, 7) is -0.269. The van der Waals surface area contributed by atoms with Gasteiger partial charge in [0.05, 0.1) is 11.9 Å². The van der Waals surface area contributed by atoms with E-state index in [0.29, 0.717) is 5.69 Å². The molecular weight excluding hydrogens is 236 g/mol. The molecule has 0 saturated heterocycles. The van der Waals surface area contributed by atoms with E-state index in [1.165, 1.54) is 11.1 Å². The van der Waals surface area contributed by atoms with Crippen LogP contribution >= 0.6 is 0 Å². The monoisotopic (exact) mass is 252 g/mol. The van der Waals surface area contributed by atoms with Gasteiger partial charge in [0.15, 0.2) is 0 Å². The molecule has 1 heterocycles. The molecule has 0 bridgehead atoms. The van der Waals surface area contributed by atoms with Gasteiger partial charge in [0.25, 0.3) is 0 Å². The molecule has 2 rings (SSSR count). The standard InChI is InChI=1S/C11H16N4O3/c16-10(17)7-15(9-3-1-2-4-9)11(18)14-8-5-12-13-6-8/h5-6,9H,1-4,7H2,(H,12,13)(H,14,18)(H,16,17). The number of aromatic amines is 1. The number of aromatic nitrogens is 2. The number of carboxylic acid groups (broad SMARTS) is 1. The third-order valence-corrected chi connectivity index (χ3v) is 3.08. The van der Waals surface area contributed by atoms with Gasteiger partial charge < -0.3 is 15.3 Å². The van der Waals surface area contributed by atoms with Crippen LogP contribution in [0.5, 0.6) is 0 Å². The molecule has 0 aliphatic heterocycles. The Kier molecular flexibility index (Phi) is 3.81. The van der Waals surface area contributed by atoms with Crippen LogP contribution in [0.3, 0.4) is 0 Å². The summed E-state index contributed by atoms with van der Waals surface area (Å²) in [5, 5.41) is 17.8. The Morgan fingerprint density at radius 3 is 2.78 bits per heavy atom. The maximum Gasteiger partial charge on any atom is 0.323 e. The number of urea groups is 1. The van der Waals surface area contributed by atoms with Gasteiger partial charge in [-0.05, 0) is 12.8 Å². The number of hydrogen-bond acceptors (Lipinski definition) is 3. The fraction of sp³-hybridized carbons (Fsp3) is 0.545. The molecule has 0 unspecified atom stereocenters. The van der Waals surface area contributed by atoms with Crippen molar-refractivity contribution in [2.45, 2.75) is 31.7 Å². The Morgan fingerprint density at radius 2 is 2.22 bits per heavy atom. The van der Waals surface area contributed by atoms with E-state index in [4.69, 9.17) is 5.11 Å². The van der Waals surface area contributed by atoms with Crippen LogP contribution in [0.4, 0.5) is 10.5 Å². The molecule has 1 fully saturated rings. The van der Waals surface area contributed by atoms with Crippen LogP contribution in [0.2, 0.25) is 0 Å². The van der Waals surface area contributed by atoms with E-state index < -0.39 is 5.97 Å². The minimum atomic E-state index is -0.996. The first-order valence-electron chi connectivity index (χ1n) is 5.95. The number of H-pyrrole nitrogens is 1. The van der Waals surface area contributed by atoms with Crippen molar-refractivity contribution in [2.24, 2.45) is 0 Å². The van der Waals surface area contributed by atoms with Crippen molar-refractivity contribution < 1.29 is 14.7 Å². The third kappa shape index (κ3) is 2.99. The van der Waals surface area contributed by atoms with Crippen LogP contribution in [-0.2, 0) is 4.79 Å². The number of anilines is 1. The largest absolute Gasteiger partial charge is 0.480 e. The molecule has 7 heteroatoms. The van der Waals surface area contributed by atoms with Gasteiger partial charge in [-0.1, -0.05) is 12.8 Å². The minimum Gasteiger partial charge on any atom is -0.480 e. The van der Waals surface area contributed by atoms with E-state index >= 15 is 0 Å². The van der Waals surface area contributed by atoms with Crippen molar-refractivity contribution in [1.82, 2.24) is 15.1 Å². The maximum atomic E-state index is 12.0. The van der Waals surface area contributed by atoms with Crippen LogP contribution in [0.1, 0.15) is 25.7 Å². The van der Waals surface area contributed by atoms with Crippen LogP contribution in [0.15, 0.2) is 12.4 Å². The number of nitrogens with one attached hydrogen (secondary N) is 2. The van der Waals surface area contributed by atoms with Crippen molar-refractivity contribution in [1.29, 1.82) is 0 Å². The van der Waals surface area contributed by atoms with Crippen LogP contribution in [-0.4, -0.2) is 44.8 Å². The number of hydrogen-bond donors (Lipinski definition) is 3. The molecule has 18 heavy (non-hydrogen) atoms. The number of carbonyl (C=O) groups is 2. The van der Waals surface area contributed by atoms with Crippen molar-refractivity contribution in [3.8, 4) is 0 Å². The highest BCUT2D eigenvalue weighted by Crippen LogP contribution is 2.24. The molecule has 1 aromatic heterocycles. The number of amides is 2. The van der Waals surface area contributed by atoms with Gasteiger partial charge in [0.2, 0.25) is 0 Å². The SMILES string of the molecule is O=C(O)CN(C(=O)Nc1cn[nH]c1)C1CCCC1. The van der Waals surface area contributed by atoms with Crippen molar-refractivity contribution >= 4 is 17.7 Å². The first-order chi connectivity index (χ1) is 8.66. The Hall–Kier alpha value is -2.05. The summed E-state index contributed by atoms with van der Waals surface area (Å²) in [5.74, 6) is -0.996. The fourth-order valence-electron chi connectivity index (χ4n) is 2.24. The smallest absolute Gasteiger partial charge is 0.323 e. The molecule has 1 aliphatic carbocycles. The Morgan fingerprint density at radius 1 is 1.50 bits per heavy atom. The average Bonchev–Trinajstić information content (AvgIpc) is 2.97. The molecular formula is C11H16N4O3. The summed E-state index contributed by atoms with van der Waals surface area (Å²) in [6, 6.07) is -0.362. The zero-order valence-electron chi connectivity index (χ0n) is 9.93. The second-order valence-electron chi connectivity index (χ2n) is 4.38. The molecule has 98 valence electrons. The molecule has 2 amide bonds. The van der Waals surface area contributed by atoms with Crippen molar-refractivity contribution in [3.63, 3.8) is 0 Å². The summed E-state index contributed by atoms with van der Waals surface area (Å²) in [4.78, 5) is 24.3. The van der Waals surface area contributed by atoms with E-state index in [1.54, 1.807) is 6.20 Å². The molecule has 3 N–H and O–H groups in total. The van der Waals surface area contributed by atoms with Crippen LogP contribution in [0, 0.1) is 0 Å². The van der Waals surface area contributed by atoms with E-state index in [2.05, 4.69) is 15.5 Å². The highest BCUT2D eigenvalue weighted by Gasteiger charge is 2.28. The molecule has 0 radical (unpaired) electrons. The van der Waals surface area contributed by atoms with E-state index in [-0.39, 0.29) is 18.6 Å². The normalized spacial score (nSPS) is 15.6. The van der Waals surface area contributed by atoms with Crippen LogP contribution in [0.25, 0.3) is 0 Å². The molecule has 0 aromatic carbocycles.